The van der Waals surface area contributed by atoms with Crippen molar-refractivity contribution < 1.29 is 15.0 Å². The van der Waals surface area contributed by atoms with Crippen LogP contribution >= 0.6 is 22.9 Å². The molecule has 0 saturated heterocycles. The van der Waals surface area contributed by atoms with E-state index in [0.29, 0.717) is 10.8 Å². The number of hydrogen-bond donors (Lipinski definition) is 2. The second-order valence-corrected chi connectivity index (χ2v) is 6.23. The Hall–Kier alpha value is -0.580. The normalized spacial score (nSPS) is 26.7. The van der Waals surface area contributed by atoms with Crippen LogP contribution in [0.25, 0.3) is 0 Å². The van der Waals surface area contributed by atoms with Crippen LogP contribution < -0.4 is 0 Å². The fourth-order valence-corrected chi connectivity index (χ4v) is 3.67. The molecule has 1 heterocycles. The van der Waals surface area contributed by atoms with Crippen LogP contribution in [0, 0.1) is 11.8 Å². The molecule has 17 heavy (non-hydrogen) atoms. The molecule has 1 aromatic rings. The van der Waals surface area contributed by atoms with Gasteiger partial charge in [-0.05, 0) is 25.0 Å². The van der Waals surface area contributed by atoms with Gasteiger partial charge in [-0.1, -0.05) is 24.4 Å². The maximum Gasteiger partial charge on any atom is 0.306 e. The van der Waals surface area contributed by atoms with E-state index in [4.69, 9.17) is 11.6 Å². The van der Waals surface area contributed by atoms with E-state index in [9.17, 15) is 15.0 Å². The first kappa shape index (κ1) is 12.9. The summed E-state index contributed by atoms with van der Waals surface area (Å²) < 4.78 is 0.627. The molecule has 1 aliphatic rings. The van der Waals surface area contributed by atoms with Gasteiger partial charge in [0.2, 0.25) is 0 Å². The zero-order valence-electron chi connectivity index (χ0n) is 9.30. The molecule has 1 fully saturated rings. The second kappa shape index (κ2) is 5.38. The van der Waals surface area contributed by atoms with E-state index < -0.39 is 18.0 Å². The average Bonchev–Trinajstić information content (AvgIpc) is 2.75. The van der Waals surface area contributed by atoms with Gasteiger partial charge in [0.15, 0.2) is 0 Å². The quantitative estimate of drug-likeness (QED) is 0.889. The summed E-state index contributed by atoms with van der Waals surface area (Å²) in [6.07, 6.45) is 2.66. The van der Waals surface area contributed by atoms with Gasteiger partial charge in [0.25, 0.3) is 0 Å². The lowest BCUT2D eigenvalue weighted by molar-refractivity contribution is -0.147. The zero-order valence-corrected chi connectivity index (χ0v) is 10.9. The molecule has 0 bridgehead atoms. The van der Waals surface area contributed by atoms with Crippen LogP contribution in [-0.2, 0) is 4.79 Å². The van der Waals surface area contributed by atoms with E-state index in [0.717, 1.165) is 24.1 Å². The number of aliphatic hydroxyl groups excluding tert-OH is 1. The van der Waals surface area contributed by atoms with Crippen LogP contribution in [0.1, 0.15) is 36.7 Å². The van der Waals surface area contributed by atoms with Crippen LogP contribution in [0.4, 0.5) is 0 Å². The Morgan fingerprint density at radius 1 is 1.41 bits per heavy atom. The van der Waals surface area contributed by atoms with Crippen LogP contribution in [0.3, 0.4) is 0 Å². The Bertz CT molecular complexity index is 404. The summed E-state index contributed by atoms with van der Waals surface area (Å²) in [5.74, 6) is -1.41. The lowest BCUT2D eigenvalue weighted by Gasteiger charge is -2.31. The van der Waals surface area contributed by atoms with Crippen LogP contribution in [0.15, 0.2) is 12.1 Å². The smallest absolute Gasteiger partial charge is 0.306 e. The average molecular weight is 275 g/mol. The van der Waals surface area contributed by atoms with Crippen LogP contribution in [0.5, 0.6) is 0 Å². The van der Waals surface area contributed by atoms with Gasteiger partial charge in [-0.2, -0.15) is 0 Å². The summed E-state index contributed by atoms with van der Waals surface area (Å²) >= 11 is 7.16. The number of carboxylic acid groups (broad SMARTS) is 1. The molecular formula is C12H15ClO3S. The Kier molecular flexibility index (Phi) is 4.07. The van der Waals surface area contributed by atoms with E-state index in [1.54, 1.807) is 12.1 Å². The van der Waals surface area contributed by atoms with Crippen molar-refractivity contribution in [1.82, 2.24) is 0 Å². The van der Waals surface area contributed by atoms with Crippen LogP contribution in [0.2, 0.25) is 4.34 Å². The highest BCUT2D eigenvalue weighted by Crippen LogP contribution is 2.41. The fraction of sp³-hybridized carbons (Fsp3) is 0.583. The molecule has 94 valence electrons. The first-order chi connectivity index (χ1) is 8.09. The van der Waals surface area contributed by atoms with Crippen LogP contribution in [-0.4, -0.2) is 16.2 Å². The molecule has 3 atom stereocenters. The molecule has 1 saturated carbocycles. The first-order valence-corrected chi connectivity index (χ1v) is 6.95. The highest BCUT2D eigenvalue weighted by atomic mass is 35.5. The number of hydrogen-bond acceptors (Lipinski definition) is 3. The minimum Gasteiger partial charge on any atom is -0.481 e. The Balaban J connectivity index is 2.16. The van der Waals surface area contributed by atoms with Gasteiger partial charge in [-0.25, -0.2) is 0 Å². The van der Waals surface area contributed by atoms with Gasteiger partial charge >= 0.3 is 5.97 Å². The molecule has 1 aliphatic carbocycles. The van der Waals surface area contributed by atoms with E-state index in [2.05, 4.69) is 0 Å². The number of halogens is 1. The van der Waals surface area contributed by atoms with Crippen molar-refractivity contribution in [3.63, 3.8) is 0 Å². The third kappa shape index (κ3) is 2.81. The van der Waals surface area contributed by atoms with Gasteiger partial charge in [0, 0.05) is 10.8 Å². The van der Waals surface area contributed by atoms with Crippen molar-refractivity contribution in [3.05, 3.63) is 21.3 Å². The fourth-order valence-electron chi connectivity index (χ4n) is 2.54. The van der Waals surface area contributed by atoms with E-state index in [-0.39, 0.29) is 5.92 Å². The summed E-state index contributed by atoms with van der Waals surface area (Å²) in [7, 11) is 0. The van der Waals surface area contributed by atoms with Gasteiger partial charge < -0.3 is 10.2 Å². The molecule has 0 radical (unpaired) electrons. The van der Waals surface area contributed by atoms with E-state index in [1.165, 1.54) is 11.3 Å². The monoisotopic (exact) mass is 274 g/mol. The minimum absolute atomic E-state index is 0.184. The Morgan fingerprint density at radius 3 is 2.71 bits per heavy atom. The van der Waals surface area contributed by atoms with Crippen molar-refractivity contribution in [1.29, 1.82) is 0 Å². The molecule has 3 unspecified atom stereocenters. The lowest BCUT2D eigenvalue weighted by atomic mass is 9.76. The first-order valence-electron chi connectivity index (χ1n) is 5.75. The number of thiophene rings is 1. The number of aliphatic hydroxyl groups is 1. The zero-order chi connectivity index (χ0) is 12.4. The highest BCUT2D eigenvalue weighted by Gasteiger charge is 2.36. The molecule has 0 aromatic carbocycles. The summed E-state index contributed by atoms with van der Waals surface area (Å²) in [6.45, 7) is 0. The predicted molar refractivity (Wildman–Crippen MR) is 67.4 cm³/mol. The predicted octanol–water partition coefficient (Wildman–Crippen LogP) is 3.33. The van der Waals surface area contributed by atoms with E-state index in [1.807, 2.05) is 0 Å². The van der Waals surface area contributed by atoms with Gasteiger partial charge in [0.1, 0.15) is 0 Å². The molecule has 0 aliphatic heterocycles. The molecule has 3 nitrogen and oxygen atoms in total. The third-order valence-corrected chi connectivity index (χ3v) is 4.73. The summed E-state index contributed by atoms with van der Waals surface area (Å²) in [5.41, 5.74) is 0. The van der Waals surface area contributed by atoms with Crippen molar-refractivity contribution in [3.8, 4) is 0 Å². The maximum atomic E-state index is 11.2. The lowest BCUT2D eigenvalue weighted by Crippen LogP contribution is -2.31. The van der Waals surface area contributed by atoms with Gasteiger partial charge in [-0.3, -0.25) is 4.79 Å². The summed E-state index contributed by atoms with van der Waals surface area (Å²) in [6, 6.07) is 3.52. The molecular weight excluding hydrogens is 260 g/mol. The number of rotatable bonds is 3. The van der Waals surface area contributed by atoms with Gasteiger partial charge in [-0.15, -0.1) is 11.3 Å². The topological polar surface area (TPSA) is 57.5 Å². The van der Waals surface area contributed by atoms with Crippen molar-refractivity contribution in [2.45, 2.75) is 31.8 Å². The summed E-state index contributed by atoms with van der Waals surface area (Å²) in [5, 5.41) is 19.4. The largest absolute Gasteiger partial charge is 0.481 e. The molecule has 0 amide bonds. The number of carboxylic acids is 1. The maximum absolute atomic E-state index is 11.2. The Morgan fingerprint density at radius 2 is 2.12 bits per heavy atom. The number of carbonyl (C=O) groups is 1. The standard InChI is InChI=1S/C12H15ClO3S/c13-10-6-5-9(17-10)11(14)7-3-1-2-4-8(7)12(15)16/h5-8,11,14H,1-4H2,(H,15,16). The van der Waals surface area contributed by atoms with E-state index >= 15 is 0 Å². The Labute approximate surface area is 109 Å². The highest BCUT2D eigenvalue weighted by molar-refractivity contribution is 7.16. The molecule has 2 rings (SSSR count). The van der Waals surface area contributed by atoms with Crippen molar-refractivity contribution in [2.75, 3.05) is 0 Å². The minimum atomic E-state index is -0.795. The molecule has 5 heteroatoms. The molecule has 0 spiro atoms. The molecule has 2 N–H and O–H groups in total. The van der Waals surface area contributed by atoms with Crippen molar-refractivity contribution in [2.24, 2.45) is 11.8 Å². The number of aliphatic carboxylic acids is 1. The van der Waals surface area contributed by atoms with Gasteiger partial charge in [0.05, 0.1) is 16.4 Å². The third-order valence-electron chi connectivity index (χ3n) is 3.43. The summed E-state index contributed by atoms with van der Waals surface area (Å²) in [4.78, 5) is 11.9. The molecule has 1 aromatic heterocycles. The SMILES string of the molecule is O=C(O)C1CCCCC1C(O)c1ccc(Cl)s1. The van der Waals surface area contributed by atoms with Crippen molar-refractivity contribution >= 4 is 28.9 Å². The second-order valence-electron chi connectivity index (χ2n) is 4.48.